The van der Waals surface area contributed by atoms with Crippen LogP contribution in [0.3, 0.4) is 0 Å². The van der Waals surface area contributed by atoms with Crippen LogP contribution in [0.4, 0.5) is 24.5 Å². The Hall–Kier alpha value is -2.91. The number of aliphatic hydroxyl groups excluding tert-OH is 1. The minimum Gasteiger partial charge on any atom is -0.398 e. The third-order valence-corrected chi connectivity index (χ3v) is 4.55. The molecule has 0 aliphatic carbocycles. The Labute approximate surface area is 194 Å². The Kier molecular flexibility index (Phi) is 9.22. The first-order valence-electron chi connectivity index (χ1n) is 8.85. The molecule has 0 bridgehead atoms. The van der Waals surface area contributed by atoms with E-state index >= 15 is 4.39 Å². The summed E-state index contributed by atoms with van der Waals surface area (Å²) in [5.41, 5.74) is -0.890. The van der Waals surface area contributed by atoms with Crippen molar-refractivity contribution in [1.82, 2.24) is 10.8 Å². The van der Waals surface area contributed by atoms with Gasteiger partial charge in [-0.15, -0.1) is 0 Å². The number of benzene rings is 2. The van der Waals surface area contributed by atoms with Gasteiger partial charge in [-0.1, -0.05) is 5.16 Å². The molecule has 9 nitrogen and oxygen atoms in total. The predicted molar refractivity (Wildman–Crippen MR) is 117 cm³/mol. The van der Waals surface area contributed by atoms with E-state index in [1.165, 1.54) is 19.2 Å². The van der Waals surface area contributed by atoms with E-state index in [2.05, 4.69) is 20.6 Å². The van der Waals surface area contributed by atoms with Gasteiger partial charge in [-0.05, 0) is 46.9 Å². The van der Waals surface area contributed by atoms with Crippen LogP contribution in [-0.2, 0) is 14.5 Å². The summed E-state index contributed by atoms with van der Waals surface area (Å²) in [5.74, 6) is -5.89. The number of carbonyl (C=O) groups is 2. The van der Waals surface area contributed by atoms with Crippen molar-refractivity contribution in [1.29, 1.82) is 0 Å². The lowest BCUT2D eigenvalue weighted by atomic mass is 10.0. The van der Waals surface area contributed by atoms with Gasteiger partial charge in [0.25, 0.3) is 11.8 Å². The van der Waals surface area contributed by atoms with E-state index in [1.807, 2.05) is 28.1 Å². The topological polar surface area (TPSA) is 121 Å². The quantitative estimate of drug-likeness (QED) is 0.160. The van der Waals surface area contributed by atoms with Gasteiger partial charge < -0.3 is 20.6 Å². The molecule has 0 aliphatic heterocycles. The average molecular weight is 566 g/mol. The Morgan fingerprint density at radius 3 is 2.47 bits per heavy atom. The molecule has 2 amide bonds. The Morgan fingerprint density at radius 2 is 1.88 bits per heavy atom. The number of hydroxylamine groups is 1. The van der Waals surface area contributed by atoms with Gasteiger partial charge in [-0.3, -0.25) is 14.4 Å². The van der Waals surface area contributed by atoms with E-state index in [0.29, 0.717) is 3.57 Å². The van der Waals surface area contributed by atoms with Gasteiger partial charge in [0, 0.05) is 16.2 Å². The Morgan fingerprint density at radius 1 is 1.16 bits per heavy atom. The molecule has 172 valence electrons. The smallest absolute Gasteiger partial charge is 0.277 e. The minimum absolute atomic E-state index is 0.237. The first kappa shape index (κ1) is 25.4. The number of rotatable bonds is 9. The van der Waals surface area contributed by atoms with Gasteiger partial charge >= 0.3 is 0 Å². The maximum absolute atomic E-state index is 15.1. The highest BCUT2D eigenvalue weighted by atomic mass is 127. The summed E-state index contributed by atoms with van der Waals surface area (Å²) in [6, 6.07) is 4.75. The second-order valence-electron chi connectivity index (χ2n) is 5.93. The maximum Gasteiger partial charge on any atom is 0.277 e. The third kappa shape index (κ3) is 5.86. The number of amides is 2. The molecule has 0 aliphatic rings. The van der Waals surface area contributed by atoms with Crippen molar-refractivity contribution in [2.24, 2.45) is 5.16 Å². The summed E-state index contributed by atoms with van der Waals surface area (Å²) in [6.07, 6.45) is 0. The molecule has 2 aromatic rings. The molecule has 0 unspecified atom stereocenters. The lowest BCUT2D eigenvalue weighted by Crippen LogP contribution is -2.31. The van der Waals surface area contributed by atoms with Crippen LogP contribution in [0, 0.1) is 21.0 Å². The van der Waals surface area contributed by atoms with Crippen LogP contribution >= 0.6 is 22.6 Å². The molecule has 4 N–H and O–H groups in total. The van der Waals surface area contributed by atoms with Crippen molar-refractivity contribution in [3.8, 4) is 0 Å². The van der Waals surface area contributed by atoms with Crippen molar-refractivity contribution in [3.63, 3.8) is 0 Å². The number of likely N-dealkylation sites (N-methyl/N-ethyl adjacent to an activating group) is 1. The van der Waals surface area contributed by atoms with Gasteiger partial charge in [0.2, 0.25) is 0 Å². The summed E-state index contributed by atoms with van der Waals surface area (Å²) in [4.78, 5) is 33.9. The van der Waals surface area contributed by atoms with Gasteiger partial charge in [0.1, 0.15) is 12.9 Å². The van der Waals surface area contributed by atoms with Gasteiger partial charge in [0.15, 0.2) is 17.3 Å². The molecule has 0 spiro atoms. The number of oxime groups is 1. The zero-order valence-electron chi connectivity index (χ0n) is 16.8. The molecule has 0 heterocycles. The zero-order valence-corrected chi connectivity index (χ0v) is 18.9. The Bertz CT molecular complexity index is 1050. The number of aliphatic hydroxyl groups is 1. The van der Waals surface area contributed by atoms with Gasteiger partial charge in [0.05, 0.1) is 30.2 Å². The van der Waals surface area contributed by atoms with E-state index in [1.54, 1.807) is 0 Å². The standard InChI is InChI=1S/C19H18F3IN4O5/c1-24-19(30)17(26-31-2)10-8-11(18(29)27-32-6-5-28)16(15(22)14(10)21)25-13-4-3-9(23)7-12(13)20/h3-4,7-8,25,28H,5-6H2,1-2H3,(H,24,30)(H,27,29)/b26-17-. The highest BCUT2D eigenvalue weighted by molar-refractivity contribution is 14.1. The number of anilines is 2. The Balaban J connectivity index is 2.68. The van der Waals surface area contributed by atoms with Crippen molar-refractivity contribution in [2.75, 3.05) is 32.7 Å². The van der Waals surface area contributed by atoms with Crippen molar-refractivity contribution in [3.05, 3.63) is 56.4 Å². The molecule has 0 fully saturated rings. The normalized spacial score (nSPS) is 11.2. The van der Waals surface area contributed by atoms with Crippen LogP contribution in [0.15, 0.2) is 29.4 Å². The molecule has 0 atom stereocenters. The molecule has 0 radical (unpaired) electrons. The number of nitrogens with zero attached hydrogens (tertiary/aromatic N) is 1. The third-order valence-electron chi connectivity index (χ3n) is 3.88. The summed E-state index contributed by atoms with van der Waals surface area (Å²) >= 11 is 1.86. The zero-order chi connectivity index (χ0) is 23.8. The largest absolute Gasteiger partial charge is 0.398 e. The van der Waals surface area contributed by atoms with E-state index in [4.69, 9.17) is 9.94 Å². The van der Waals surface area contributed by atoms with E-state index in [0.717, 1.165) is 19.2 Å². The molecular formula is C19H18F3IN4O5. The molecule has 0 saturated heterocycles. The molecule has 0 saturated carbocycles. The van der Waals surface area contributed by atoms with Crippen molar-refractivity contribution in [2.45, 2.75) is 0 Å². The first-order chi connectivity index (χ1) is 15.2. The minimum atomic E-state index is -1.58. The van der Waals surface area contributed by atoms with Crippen molar-refractivity contribution >= 4 is 51.5 Å². The molecule has 32 heavy (non-hydrogen) atoms. The van der Waals surface area contributed by atoms with E-state index in [-0.39, 0.29) is 12.3 Å². The van der Waals surface area contributed by atoms with Crippen LogP contribution < -0.4 is 16.1 Å². The highest BCUT2D eigenvalue weighted by Crippen LogP contribution is 2.31. The fourth-order valence-corrected chi connectivity index (χ4v) is 2.92. The molecule has 2 aromatic carbocycles. The summed E-state index contributed by atoms with van der Waals surface area (Å²) < 4.78 is 44.8. The number of halogens is 4. The van der Waals surface area contributed by atoms with E-state index in [9.17, 15) is 18.4 Å². The number of nitrogens with one attached hydrogen (secondary N) is 3. The fourth-order valence-electron chi connectivity index (χ4n) is 2.47. The number of carbonyl (C=O) groups excluding carboxylic acids is 2. The SMILES string of the molecule is CNC(=O)/C(=N\OC)c1cc(C(=O)NOCCO)c(Nc2ccc(I)cc2F)c(F)c1F. The van der Waals surface area contributed by atoms with Crippen LogP contribution in [0.2, 0.25) is 0 Å². The second-order valence-corrected chi connectivity index (χ2v) is 7.17. The second kappa shape index (κ2) is 11.6. The molecular weight excluding hydrogens is 548 g/mol. The van der Waals surface area contributed by atoms with Crippen molar-refractivity contribution < 1.29 is 37.5 Å². The highest BCUT2D eigenvalue weighted by Gasteiger charge is 2.28. The molecule has 2 rings (SSSR count). The van der Waals surface area contributed by atoms with Gasteiger partial charge in [-0.2, -0.15) is 0 Å². The van der Waals surface area contributed by atoms with Crippen LogP contribution in [-0.4, -0.2) is 50.0 Å². The lowest BCUT2D eigenvalue weighted by Gasteiger charge is -2.17. The van der Waals surface area contributed by atoms with Crippen LogP contribution in [0.25, 0.3) is 0 Å². The monoisotopic (exact) mass is 566 g/mol. The molecule has 13 heteroatoms. The van der Waals surface area contributed by atoms with Crippen LogP contribution in [0.5, 0.6) is 0 Å². The summed E-state index contributed by atoms with van der Waals surface area (Å²) in [5, 5.41) is 16.7. The van der Waals surface area contributed by atoms with E-state index < -0.39 is 58.4 Å². The predicted octanol–water partition coefficient (Wildman–Crippen LogP) is 2.20. The maximum atomic E-state index is 15.1. The van der Waals surface area contributed by atoms with Gasteiger partial charge in [-0.25, -0.2) is 18.7 Å². The number of hydrogen-bond donors (Lipinski definition) is 4. The first-order valence-corrected chi connectivity index (χ1v) is 9.93. The van der Waals surface area contributed by atoms with Crippen LogP contribution in [0.1, 0.15) is 15.9 Å². The fraction of sp³-hybridized carbons (Fsp3) is 0.211. The number of hydrogen-bond acceptors (Lipinski definition) is 7. The average Bonchev–Trinajstić information content (AvgIpc) is 2.77. The summed E-state index contributed by atoms with van der Waals surface area (Å²) in [7, 11) is 2.32. The lowest BCUT2D eigenvalue weighted by molar-refractivity contribution is -0.114. The summed E-state index contributed by atoms with van der Waals surface area (Å²) in [6.45, 7) is -0.713. The molecule has 0 aromatic heterocycles.